The van der Waals surface area contributed by atoms with Gasteiger partial charge in [0.05, 0.1) is 23.7 Å². The lowest BCUT2D eigenvalue weighted by Crippen LogP contribution is -2.44. The normalized spacial score (nSPS) is 19.8. The van der Waals surface area contributed by atoms with Gasteiger partial charge in [-0.3, -0.25) is 4.79 Å². The van der Waals surface area contributed by atoms with Crippen LogP contribution in [0.1, 0.15) is 73.7 Å². The molecule has 3 aliphatic rings. The molecule has 5 nitrogen and oxygen atoms in total. The van der Waals surface area contributed by atoms with Crippen LogP contribution in [0.4, 0.5) is 0 Å². The second-order valence-corrected chi connectivity index (χ2v) is 11.8. The van der Waals surface area contributed by atoms with Crippen molar-refractivity contribution in [3.8, 4) is 11.3 Å². The smallest absolute Gasteiger partial charge is 0.233 e. The number of thioether (sulfide) groups is 1. The van der Waals surface area contributed by atoms with Crippen LogP contribution in [-0.4, -0.2) is 37.6 Å². The van der Waals surface area contributed by atoms with Crippen molar-refractivity contribution in [3.63, 3.8) is 0 Å². The van der Waals surface area contributed by atoms with E-state index in [2.05, 4.69) is 49.8 Å². The first kappa shape index (κ1) is 23.2. The van der Waals surface area contributed by atoms with Crippen molar-refractivity contribution in [1.82, 2.24) is 19.4 Å². The van der Waals surface area contributed by atoms with Gasteiger partial charge in [-0.05, 0) is 66.8 Å². The van der Waals surface area contributed by atoms with Gasteiger partial charge >= 0.3 is 0 Å². The number of carbonyl (C=O) groups is 1. The Bertz CT molecular complexity index is 1430. The third kappa shape index (κ3) is 4.19. The second-order valence-electron chi connectivity index (χ2n) is 10.9. The van der Waals surface area contributed by atoms with Crippen molar-refractivity contribution in [1.29, 1.82) is 0 Å². The molecular formula is C31H34N4OS. The fourth-order valence-electron chi connectivity index (χ4n) is 6.96. The lowest BCUT2D eigenvalue weighted by atomic mass is 9.83. The molecule has 0 radical (unpaired) electrons. The van der Waals surface area contributed by atoms with E-state index in [1.54, 1.807) is 0 Å². The van der Waals surface area contributed by atoms with Crippen LogP contribution in [-0.2, 0) is 17.8 Å². The van der Waals surface area contributed by atoms with Crippen molar-refractivity contribution >= 4 is 28.6 Å². The van der Waals surface area contributed by atoms with E-state index in [0.717, 1.165) is 54.7 Å². The van der Waals surface area contributed by atoms with E-state index in [0.29, 0.717) is 5.75 Å². The van der Waals surface area contributed by atoms with Gasteiger partial charge in [-0.15, -0.1) is 0 Å². The number of nitrogens with zero attached hydrogens (tertiary/aromatic N) is 3. The van der Waals surface area contributed by atoms with Crippen LogP contribution in [0, 0.1) is 0 Å². The zero-order chi connectivity index (χ0) is 24.8. The van der Waals surface area contributed by atoms with Gasteiger partial charge < -0.3 is 14.5 Å². The number of H-pyrrole nitrogens is 1. The molecule has 0 bridgehead atoms. The van der Waals surface area contributed by atoms with Crippen LogP contribution in [0.15, 0.2) is 59.9 Å². The van der Waals surface area contributed by atoms with E-state index >= 15 is 0 Å². The third-order valence-electron chi connectivity index (χ3n) is 8.76. The van der Waals surface area contributed by atoms with E-state index in [1.165, 1.54) is 71.6 Å². The minimum absolute atomic E-state index is 0.201. The van der Waals surface area contributed by atoms with Gasteiger partial charge in [-0.1, -0.05) is 67.4 Å². The molecule has 2 aromatic carbocycles. The number of aromatic amines is 1. The first-order valence-electron chi connectivity index (χ1n) is 13.9. The molecule has 1 aliphatic heterocycles. The highest BCUT2D eigenvalue weighted by atomic mass is 32.2. The maximum absolute atomic E-state index is 13.5. The Labute approximate surface area is 222 Å². The lowest BCUT2D eigenvalue weighted by Gasteiger charge is -2.40. The summed E-state index contributed by atoms with van der Waals surface area (Å²) in [6.45, 7) is 1.68. The van der Waals surface area contributed by atoms with Gasteiger partial charge in [0.1, 0.15) is 0 Å². The van der Waals surface area contributed by atoms with Gasteiger partial charge in [0.25, 0.3) is 0 Å². The van der Waals surface area contributed by atoms with Crippen molar-refractivity contribution in [2.45, 2.75) is 75.0 Å². The molecule has 37 heavy (non-hydrogen) atoms. The number of imidazole rings is 1. The molecule has 1 unspecified atom stereocenters. The molecule has 1 atom stereocenters. The van der Waals surface area contributed by atoms with Crippen LogP contribution >= 0.6 is 11.8 Å². The highest BCUT2D eigenvalue weighted by Gasteiger charge is 2.37. The summed E-state index contributed by atoms with van der Waals surface area (Å²) in [6.07, 6.45) is 12.0. The second kappa shape index (κ2) is 9.71. The molecular weight excluding hydrogens is 476 g/mol. The Kier molecular flexibility index (Phi) is 6.08. The number of benzene rings is 2. The quantitative estimate of drug-likeness (QED) is 0.292. The molecule has 1 amide bonds. The topological polar surface area (TPSA) is 53.9 Å². The highest BCUT2D eigenvalue weighted by molar-refractivity contribution is 7.99. The fourth-order valence-corrected chi connectivity index (χ4v) is 7.70. The maximum Gasteiger partial charge on any atom is 0.233 e. The standard InChI is InChI=1S/C31H34N4OS/c36-29(20-37-31-32-19-26(33-31)22-10-5-2-6-11-22)34-16-17-35-27-15-14-23(21-8-3-1-4-9-21)18-25(27)24-12-7-13-28(34)30(24)35/h2,5-6,10-11,14-15,18-19,21,28H,1,3-4,7-9,12-13,16-17,20H2,(H,32,33). The van der Waals surface area contributed by atoms with Gasteiger partial charge in [-0.25, -0.2) is 4.98 Å². The van der Waals surface area contributed by atoms with Crippen LogP contribution in [0.2, 0.25) is 0 Å². The predicted molar refractivity (Wildman–Crippen MR) is 150 cm³/mol. The molecule has 0 saturated heterocycles. The number of hydrogen-bond donors (Lipinski definition) is 1. The molecule has 0 spiro atoms. The molecule has 1 saturated carbocycles. The highest BCUT2D eigenvalue weighted by Crippen LogP contribution is 2.44. The Morgan fingerprint density at radius 2 is 1.86 bits per heavy atom. The molecule has 190 valence electrons. The summed E-state index contributed by atoms with van der Waals surface area (Å²) in [5, 5.41) is 2.26. The Hall–Kier alpha value is -2.99. The summed E-state index contributed by atoms with van der Waals surface area (Å²) in [5.41, 5.74) is 7.93. The van der Waals surface area contributed by atoms with E-state index in [4.69, 9.17) is 0 Å². The summed E-state index contributed by atoms with van der Waals surface area (Å²) in [5.74, 6) is 1.36. The minimum Gasteiger partial charge on any atom is -0.341 e. The zero-order valence-electron chi connectivity index (χ0n) is 21.3. The molecule has 3 heterocycles. The summed E-state index contributed by atoms with van der Waals surface area (Å²) >= 11 is 1.51. The van der Waals surface area contributed by atoms with Crippen molar-refractivity contribution in [2.75, 3.05) is 12.3 Å². The average Bonchev–Trinajstić information content (AvgIpc) is 3.57. The number of nitrogens with one attached hydrogen (secondary N) is 1. The van der Waals surface area contributed by atoms with E-state index in [9.17, 15) is 4.79 Å². The monoisotopic (exact) mass is 510 g/mol. The summed E-state index contributed by atoms with van der Waals surface area (Å²) in [4.78, 5) is 23.5. The van der Waals surface area contributed by atoms with Crippen LogP contribution in [0.5, 0.6) is 0 Å². The summed E-state index contributed by atoms with van der Waals surface area (Å²) < 4.78 is 2.54. The lowest BCUT2D eigenvalue weighted by molar-refractivity contribution is -0.132. The first-order valence-corrected chi connectivity index (χ1v) is 14.9. The van der Waals surface area contributed by atoms with Crippen molar-refractivity contribution < 1.29 is 4.79 Å². The molecule has 1 N–H and O–H groups in total. The van der Waals surface area contributed by atoms with E-state index in [1.807, 2.05) is 24.4 Å². The molecule has 4 aromatic rings. The molecule has 2 aliphatic carbocycles. The number of aromatic nitrogens is 3. The van der Waals surface area contributed by atoms with Crippen LogP contribution < -0.4 is 0 Å². The number of carbonyl (C=O) groups excluding carboxylic acids is 1. The number of hydrogen-bond acceptors (Lipinski definition) is 3. The van der Waals surface area contributed by atoms with Gasteiger partial charge in [0.15, 0.2) is 5.16 Å². The van der Waals surface area contributed by atoms with Gasteiger partial charge in [0, 0.05) is 29.7 Å². The Balaban J connectivity index is 1.11. The third-order valence-corrected chi connectivity index (χ3v) is 9.64. The predicted octanol–water partition coefficient (Wildman–Crippen LogP) is 7.09. The summed E-state index contributed by atoms with van der Waals surface area (Å²) in [6, 6.07) is 17.7. The largest absolute Gasteiger partial charge is 0.341 e. The molecule has 7 rings (SSSR count). The zero-order valence-corrected chi connectivity index (χ0v) is 22.1. The molecule has 6 heteroatoms. The number of aryl methyl sites for hydroxylation is 1. The molecule has 2 aromatic heterocycles. The number of fused-ring (bicyclic) bond motifs is 3. The average molecular weight is 511 g/mol. The SMILES string of the molecule is O=C(CSc1ncc(-c2ccccc2)[nH]1)N1CCn2c3c(c4cc(C5CCCCC5)ccc42)CCCC31. The number of rotatable bonds is 5. The maximum atomic E-state index is 13.5. The van der Waals surface area contributed by atoms with E-state index in [-0.39, 0.29) is 11.9 Å². The van der Waals surface area contributed by atoms with E-state index < -0.39 is 0 Å². The first-order chi connectivity index (χ1) is 18.3. The Morgan fingerprint density at radius 1 is 1.00 bits per heavy atom. The van der Waals surface area contributed by atoms with Crippen molar-refractivity contribution in [3.05, 3.63) is 71.5 Å². The molecule has 1 fully saturated rings. The van der Waals surface area contributed by atoms with Crippen LogP contribution in [0.25, 0.3) is 22.2 Å². The van der Waals surface area contributed by atoms with Gasteiger partial charge in [0.2, 0.25) is 5.91 Å². The van der Waals surface area contributed by atoms with Gasteiger partial charge in [-0.2, -0.15) is 0 Å². The number of amides is 1. The summed E-state index contributed by atoms with van der Waals surface area (Å²) in [7, 11) is 0. The fraction of sp³-hybridized carbons (Fsp3) is 0.419. The Morgan fingerprint density at radius 3 is 2.73 bits per heavy atom. The minimum atomic E-state index is 0.201. The van der Waals surface area contributed by atoms with Crippen molar-refractivity contribution in [2.24, 2.45) is 0 Å². The van der Waals surface area contributed by atoms with Crippen LogP contribution in [0.3, 0.4) is 0 Å².